The number of anilines is 1. The number of rotatable bonds is 6. The van der Waals surface area contributed by atoms with E-state index in [0.29, 0.717) is 37.6 Å². The Bertz CT molecular complexity index is 782. The van der Waals surface area contributed by atoms with E-state index in [1.165, 1.54) is 0 Å². The van der Waals surface area contributed by atoms with Crippen molar-refractivity contribution in [1.82, 2.24) is 0 Å². The molecule has 1 aliphatic heterocycles. The van der Waals surface area contributed by atoms with Gasteiger partial charge in [-0.15, -0.1) is 0 Å². The molecule has 0 saturated carbocycles. The molecule has 0 radical (unpaired) electrons. The number of carbonyl (C=O) groups excluding carboxylic acids is 1. The summed E-state index contributed by atoms with van der Waals surface area (Å²) in [6, 6.07) is 13.0. The highest BCUT2D eigenvalue weighted by molar-refractivity contribution is 5.99. The topological polar surface area (TPSA) is 66.0 Å². The molecular formula is C21H25NO5. The Morgan fingerprint density at radius 1 is 0.926 bits per heavy atom. The zero-order chi connectivity index (χ0) is 19.3. The lowest BCUT2D eigenvalue weighted by molar-refractivity contribution is -0.125. The molecule has 0 unspecified atom stereocenters. The maximum Gasteiger partial charge on any atom is 0.235 e. The third-order valence-electron chi connectivity index (χ3n) is 5.07. The Morgan fingerprint density at radius 2 is 1.59 bits per heavy atom. The Kier molecular flexibility index (Phi) is 5.86. The standard InChI is InChI=1S/C21H25NO5/c1-24-17-7-5-16(6-8-17)22-20(23)21(10-12-27-13-11-21)15-4-9-18(25-2)19(14-15)26-3/h4-9,14H,10-13H2,1-3H3,(H,22,23). The summed E-state index contributed by atoms with van der Waals surface area (Å²) in [6.07, 6.45) is 1.20. The van der Waals surface area contributed by atoms with Crippen molar-refractivity contribution in [3.05, 3.63) is 48.0 Å². The fourth-order valence-corrected chi connectivity index (χ4v) is 3.43. The van der Waals surface area contributed by atoms with Crippen LogP contribution < -0.4 is 19.5 Å². The normalized spacial score (nSPS) is 15.7. The number of carbonyl (C=O) groups is 1. The van der Waals surface area contributed by atoms with Gasteiger partial charge >= 0.3 is 0 Å². The molecule has 1 amide bonds. The lowest BCUT2D eigenvalue weighted by atomic mass is 9.73. The molecule has 144 valence electrons. The van der Waals surface area contributed by atoms with Crippen LogP contribution in [0.25, 0.3) is 0 Å². The summed E-state index contributed by atoms with van der Waals surface area (Å²) in [4.78, 5) is 13.3. The first-order chi connectivity index (χ1) is 13.1. The molecule has 2 aromatic rings. The van der Waals surface area contributed by atoms with E-state index >= 15 is 0 Å². The highest BCUT2D eigenvalue weighted by Crippen LogP contribution is 2.40. The third-order valence-corrected chi connectivity index (χ3v) is 5.07. The van der Waals surface area contributed by atoms with Crippen molar-refractivity contribution < 1.29 is 23.7 Å². The molecule has 1 N–H and O–H groups in total. The number of methoxy groups -OCH3 is 3. The average Bonchev–Trinajstić information content (AvgIpc) is 2.74. The second-order valence-electron chi connectivity index (χ2n) is 6.45. The van der Waals surface area contributed by atoms with E-state index in [4.69, 9.17) is 18.9 Å². The molecule has 6 nitrogen and oxygen atoms in total. The van der Waals surface area contributed by atoms with E-state index in [0.717, 1.165) is 17.0 Å². The maximum atomic E-state index is 13.3. The molecule has 1 fully saturated rings. The smallest absolute Gasteiger partial charge is 0.235 e. The summed E-state index contributed by atoms with van der Waals surface area (Å²) in [6.45, 7) is 1.06. The van der Waals surface area contributed by atoms with Gasteiger partial charge in [-0.05, 0) is 54.8 Å². The number of hydrogen-bond donors (Lipinski definition) is 1. The van der Waals surface area contributed by atoms with Gasteiger partial charge in [0.25, 0.3) is 0 Å². The van der Waals surface area contributed by atoms with Gasteiger partial charge in [0.1, 0.15) is 5.75 Å². The maximum absolute atomic E-state index is 13.3. The second-order valence-corrected chi connectivity index (χ2v) is 6.45. The van der Waals surface area contributed by atoms with Crippen LogP contribution in [0.15, 0.2) is 42.5 Å². The Labute approximate surface area is 159 Å². The Balaban J connectivity index is 1.93. The van der Waals surface area contributed by atoms with Gasteiger partial charge in [0.15, 0.2) is 11.5 Å². The van der Waals surface area contributed by atoms with E-state index in [1.807, 2.05) is 42.5 Å². The van der Waals surface area contributed by atoms with Crippen LogP contribution in [0.5, 0.6) is 17.2 Å². The van der Waals surface area contributed by atoms with Crippen LogP contribution in [0.4, 0.5) is 5.69 Å². The van der Waals surface area contributed by atoms with Crippen LogP contribution >= 0.6 is 0 Å². The SMILES string of the molecule is COc1ccc(NC(=O)C2(c3ccc(OC)c(OC)c3)CCOCC2)cc1. The molecule has 0 aliphatic carbocycles. The van der Waals surface area contributed by atoms with E-state index in [9.17, 15) is 4.79 Å². The molecule has 0 bridgehead atoms. The van der Waals surface area contributed by atoms with Crippen molar-refractivity contribution in [3.8, 4) is 17.2 Å². The minimum Gasteiger partial charge on any atom is -0.497 e. The number of amides is 1. The molecular weight excluding hydrogens is 346 g/mol. The molecule has 1 saturated heterocycles. The van der Waals surface area contributed by atoms with Crippen LogP contribution in [0.3, 0.4) is 0 Å². The second kappa shape index (κ2) is 8.31. The quantitative estimate of drug-likeness (QED) is 0.843. The Morgan fingerprint density at radius 3 is 2.19 bits per heavy atom. The van der Waals surface area contributed by atoms with Gasteiger partial charge in [-0.3, -0.25) is 4.79 Å². The van der Waals surface area contributed by atoms with Gasteiger partial charge in [0, 0.05) is 18.9 Å². The highest BCUT2D eigenvalue weighted by atomic mass is 16.5. The van der Waals surface area contributed by atoms with Crippen molar-refractivity contribution in [2.75, 3.05) is 39.9 Å². The lowest BCUT2D eigenvalue weighted by Gasteiger charge is -2.36. The molecule has 0 aromatic heterocycles. The summed E-state index contributed by atoms with van der Waals surface area (Å²) in [7, 11) is 4.80. The van der Waals surface area contributed by atoms with Crippen molar-refractivity contribution in [2.45, 2.75) is 18.3 Å². The fraction of sp³-hybridized carbons (Fsp3) is 0.381. The largest absolute Gasteiger partial charge is 0.497 e. The summed E-state index contributed by atoms with van der Waals surface area (Å²) >= 11 is 0. The predicted octanol–water partition coefficient (Wildman–Crippen LogP) is 3.40. The van der Waals surface area contributed by atoms with Crippen molar-refractivity contribution in [3.63, 3.8) is 0 Å². The van der Waals surface area contributed by atoms with Crippen LogP contribution in [0.1, 0.15) is 18.4 Å². The number of ether oxygens (including phenoxy) is 4. The zero-order valence-corrected chi connectivity index (χ0v) is 15.9. The molecule has 1 heterocycles. The van der Waals surface area contributed by atoms with E-state index in [1.54, 1.807) is 21.3 Å². The van der Waals surface area contributed by atoms with Gasteiger partial charge in [-0.1, -0.05) is 6.07 Å². The van der Waals surface area contributed by atoms with Gasteiger partial charge in [-0.2, -0.15) is 0 Å². The van der Waals surface area contributed by atoms with Gasteiger partial charge in [0.05, 0.1) is 26.7 Å². The number of hydrogen-bond acceptors (Lipinski definition) is 5. The molecule has 2 aromatic carbocycles. The summed E-state index contributed by atoms with van der Waals surface area (Å²) in [5.41, 5.74) is 0.944. The van der Waals surface area contributed by atoms with E-state index < -0.39 is 5.41 Å². The molecule has 6 heteroatoms. The van der Waals surface area contributed by atoms with Gasteiger partial charge in [0.2, 0.25) is 5.91 Å². The van der Waals surface area contributed by atoms with Crippen molar-refractivity contribution in [2.24, 2.45) is 0 Å². The molecule has 3 rings (SSSR count). The fourth-order valence-electron chi connectivity index (χ4n) is 3.43. The van der Waals surface area contributed by atoms with Crippen LogP contribution in [0, 0.1) is 0 Å². The minimum atomic E-state index is -0.683. The summed E-state index contributed by atoms with van der Waals surface area (Å²) in [5.74, 6) is 1.94. The molecule has 27 heavy (non-hydrogen) atoms. The summed E-state index contributed by atoms with van der Waals surface area (Å²) in [5, 5.41) is 3.05. The van der Waals surface area contributed by atoms with E-state index in [2.05, 4.69) is 5.32 Å². The monoisotopic (exact) mass is 371 g/mol. The molecule has 0 atom stereocenters. The first-order valence-electron chi connectivity index (χ1n) is 8.89. The third kappa shape index (κ3) is 3.85. The van der Waals surface area contributed by atoms with Gasteiger partial charge in [-0.25, -0.2) is 0 Å². The summed E-state index contributed by atoms with van der Waals surface area (Å²) < 4.78 is 21.5. The molecule has 1 aliphatic rings. The van der Waals surface area contributed by atoms with Crippen LogP contribution in [0.2, 0.25) is 0 Å². The zero-order valence-electron chi connectivity index (χ0n) is 15.9. The highest BCUT2D eigenvalue weighted by Gasteiger charge is 2.42. The molecule has 0 spiro atoms. The lowest BCUT2D eigenvalue weighted by Crippen LogP contribution is -2.44. The van der Waals surface area contributed by atoms with Gasteiger partial charge < -0.3 is 24.3 Å². The van der Waals surface area contributed by atoms with E-state index in [-0.39, 0.29) is 5.91 Å². The minimum absolute atomic E-state index is 0.0526. The number of nitrogens with one attached hydrogen (secondary N) is 1. The Hall–Kier alpha value is -2.73. The van der Waals surface area contributed by atoms with Crippen molar-refractivity contribution in [1.29, 1.82) is 0 Å². The predicted molar refractivity (Wildman–Crippen MR) is 103 cm³/mol. The average molecular weight is 371 g/mol. The van der Waals surface area contributed by atoms with Crippen molar-refractivity contribution >= 4 is 11.6 Å². The number of benzene rings is 2. The first kappa shape index (κ1) is 19.0. The van der Waals surface area contributed by atoms with Crippen LogP contribution in [-0.4, -0.2) is 40.5 Å². The van der Waals surface area contributed by atoms with Crippen LogP contribution in [-0.2, 0) is 14.9 Å². The first-order valence-corrected chi connectivity index (χ1v) is 8.89.